The van der Waals surface area contributed by atoms with Crippen molar-refractivity contribution in [3.8, 4) is 17.5 Å². The maximum absolute atomic E-state index is 12.8. The highest BCUT2D eigenvalue weighted by atomic mass is 16.1. The first-order chi connectivity index (χ1) is 14.0. The summed E-state index contributed by atoms with van der Waals surface area (Å²) in [7, 11) is 0. The van der Waals surface area contributed by atoms with Gasteiger partial charge in [-0.05, 0) is 36.6 Å². The first-order valence-electron chi connectivity index (χ1n) is 9.55. The summed E-state index contributed by atoms with van der Waals surface area (Å²) in [5.74, 6) is 1.34. The van der Waals surface area contributed by atoms with Gasteiger partial charge in [-0.15, -0.1) is 0 Å². The lowest BCUT2D eigenvalue weighted by Gasteiger charge is -2.11. The van der Waals surface area contributed by atoms with E-state index in [0.717, 1.165) is 18.5 Å². The largest absolute Gasteiger partial charge is 0.370 e. The number of rotatable bonds is 7. The van der Waals surface area contributed by atoms with Crippen molar-refractivity contribution in [1.82, 2.24) is 9.97 Å². The first-order valence-corrected chi connectivity index (χ1v) is 9.55. The molecule has 0 bridgehead atoms. The molecule has 0 saturated carbocycles. The minimum absolute atomic E-state index is 0.273. The van der Waals surface area contributed by atoms with Crippen LogP contribution in [0.15, 0.2) is 60.7 Å². The molecule has 6 nitrogen and oxygen atoms in total. The molecule has 2 aromatic carbocycles. The van der Waals surface area contributed by atoms with Crippen molar-refractivity contribution in [2.24, 2.45) is 5.92 Å². The fraction of sp³-hybridized carbons (Fsp3) is 0.217. The Morgan fingerprint density at radius 2 is 1.79 bits per heavy atom. The van der Waals surface area contributed by atoms with Gasteiger partial charge in [-0.3, -0.25) is 4.79 Å². The van der Waals surface area contributed by atoms with Crippen LogP contribution in [0.5, 0.6) is 0 Å². The number of anilines is 2. The first kappa shape index (κ1) is 20.0. The van der Waals surface area contributed by atoms with Crippen LogP contribution in [0.2, 0.25) is 0 Å². The third-order valence-electron chi connectivity index (χ3n) is 4.29. The lowest BCUT2D eigenvalue weighted by Crippen LogP contribution is -2.16. The fourth-order valence-corrected chi connectivity index (χ4v) is 2.68. The van der Waals surface area contributed by atoms with E-state index in [9.17, 15) is 4.79 Å². The highest BCUT2D eigenvalue weighted by molar-refractivity contribution is 6.03. The predicted molar refractivity (Wildman–Crippen MR) is 115 cm³/mol. The average Bonchev–Trinajstić information content (AvgIpc) is 2.74. The molecule has 0 radical (unpaired) electrons. The van der Waals surface area contributed by atoms with Crippen molar-refractivity contribution in [2.75, 3.05) is 17.2 Å². The third-order valence-corrected chi connectivity index (χ3v) is 4.29. The van der Waals surface area contributed by atoms with Crippen molar-refractivity contribution >= 4 is 17.4 Å². The minimum atomic E-state index is -0.332. The van der Waals surface area contributed by atoms with Crippen LogP contribution < -0.4 is 10.6 Å². The monoisotopic (exact) mass is 385 g/mol. The van der Waals surface area contributed by atoms with Crippen molar-refractivity contribution in [1.29, 1.82) is 5.26 Å². The maximum Gasteiger partial charge on any atom is 0.274 e. The molecule has 0 unspecified atom stereocenters. The second-order valence-corrected chi connectivity index (χ2v) is 7.08. The minimum Gasteiger partial charge on any atom is -0.370 e. The van der Waals surface area contributed by atoms with Crippen molar-refractivity contribution in [2.45, 2.75) is 20.3 Å². The van der Waals surface area contributed by atoms with E-state index in [1.54, 1.807) is 30.3 Å². The summed E-state index contributed by atoms with van der Waals surface area (Å²) in [5, 5.41) is 15.0. The molecule has 29 heavy (non-hydrogen) atoms. The molecule has 0 aliphatic heterocycles. The fourth-order valence-electron chi connectivity index (χ4n) is 2.68. The van der Waals surface area contributed by atoms with Gasteiger partial charge in [-0.1, -0.05) is 44.2 Å². The Balaban J connectivity index is 1.86. The van der Waals surface area contributed by atoms with Gasteiger partial charge in [-0.2, -0.15) is 5.26 Å². The zero-order valence-electron chi connectivity index (χ0n) is 16.5. The molecule has 3 aromatic rings. The van der Waals surface area contributed by atoms with Crippen LogP contribution in [0.3, 0.4) is 0 Å². The molecule has 3 rings (SSSR count). The molecular formula is C23H23N5O. The average molecular weight is 385 g/mol. The van der Waals surface area contributed by atoms with Gasteiger partial charge in [0.25, 0.3) is 5.91 Å². The Bertz CT molecular complexity index is 1010. The zero-order chi connectivity index (χ0) is 20.6. The predicted octanol–water partition coefficient (Wildman–Crippen LogP) is 4.73. The van der Waals surface area contributed by atoms with E-state index in [4.69, 9.17) is 5.26 Å². The van der Waals surface area contributed by atoms with E-state index < -0.39 is 0 Å². The molecule has 1 amide bonds. The number of nitriles is 1. The van der Waals surface area contributed by atoms with Crippen LogP contribution in [0.1, 0.15) is 36.3 Å². The summed E-state index contributed by atoms with van der Waals surface area (Å²) in [6.07, 6.45) is 0.997. The van der Waals surface area contributed by atoms with E-state index >= 15 is 0 Å². The number of nitrogens with one attached hydrogen (secondary N) is 2. The quantitative estimate of drug-likeness (QED) is 0.614. The molecule has 146 valence electrons. The Morgan fingerprint density at radius 1 is 1.07 bits per heavy atom. The number of aromatic nitrogens is 2. The van der Waals surface area contributed by atoms with Crippen molar-refractivity contribution in [3.05, 3.63) is 71.9 Å². The Kier molecular flexibility index (Phi) is 6.54. The summed E-state index contributed by atoms with van der Waals surface area (Å²) in [6.45, 7) is 5.08. The van der Waals surface area contributed by atoms with Gasteiger partial charge in [0.15, 0.2) is 5.82 Å². The van der Waals surface area contributed by atoms with Gasteiger partial charge < -0.3 is 10.6 Å². The van der Waals surface area contributed by atoms with E-state index in [-0.39, 0.29) is 11.6 Å². The van der Waals surface area contributed by atoms with E-state index in [0.29, 0.717) is 28.8 Å². The topological polar surface area (TPSA) is 90.7 Å². The Labute approximate surface area is 170 Å². The second-order valence-electron chi connectivity index (χ2n) is 7.08. The zero-order valence-corrected chi connectivity index (χ0v) is 16.5. The number of hydrogen-bond donors (Lipinski definition) is 2. The van der Waals surface area contributed by atoms with Crippen LogP contribution >= 0.6 is 0 Å². The summed E-state index contributed by atoms with van der Waals surface area (Å²) < 4.78 is 0. The van der Waals surface area contributed by atoms with Crippen LogP contribution in [0, 0.1) is 17.2 Å². The number of nitrogens with zero attached hydrogens (tertiary/aromatic N) is 3. The second kappa shape index (κ2) is 9.47. The molecule has 1 heterocycles. The van der Waals surface area contributed by atoms with Gasteiger partial charge in [-0.25, -0.2) is 9.97 Å². The molecule has 0 saturated heterocycles. The van der Waals surface area contributed by atoms with Gasteiger partial charge in [0.05, 0.1) is 11.6 Å². The smallest absolute Gasteiger partial charge is 0.274 e. The van der Waals surface area contributed by atoms with E-state index in [1.165, 1.54) is 0 Å². The molecule has 0 aliphatic rings. The number of amides is 1. The molecular weight excluding hydrogens is 362 g/mol. The summed E-state index contributed by atoms with van der Waals surface area (Å²) in [6, 6.07) is 20.0. The molecule has 0 aliphatic carbocycles. The van der Waals surface area contributed by atoms with E-state index in [2.05, 4.69) is 40.5 Å². The molecule has 1 aromatic heterocycles. The Hall–Kier alpha value is -3.72. The van der Waals surface area contributed by atoms with Crippen LogP contribution in [0.25, 0.3) is 11.4 Å². The van der Waals surface area contributed by atoms with Crippen molar-refractivity contribution < 1.29 is 4.79 Å². The third kappa shape index (κ3) is 5.63. The van der Waals surface area contributed by atoms with Gasteiger partial charge >= 0.3 is 0 Å². The van der Waals surface area contributed by atoms with Gasteiger partial charge in [0, 0.05) is 23.9 Å². The van der Waals surface area contributed by atoms with Crippen LogP contribution in [-0.4, -0.2) is 22.4 Å². The number of benzene rings is 2. The highest BCUT2D eigenvalue weighted by Gasteiger charge is 2.13. The van der Waals surface area contributed by atoms with Crippen molar-refractivity contribution in [3.63, 3.8) is 0 Å². The number of carbonyl (C=O) groups excluding carboxylic acids is 1. The Morgan fingerprint density at radius 3 is 2.45 bits per heavy atom. The van der Waals surface area contributed by atoms with Gasteiger partial charge in [0.1, 0.15) is 11.5 Å². The molecule has 0 fully saturated rings. The molecule has 6 heteroatoms. The summed E-state index contributed by atoms with van der Waals surface area (Å²) in [5.41, 5.74) is 2.25. The number of carbonyl (C=O) groups is 1. The highest BCUT2D eigenvalue weighted by Crippen LogP contribution is 2.19. The van der Waals surface area contributed by atoms with E-state index in [1.807, 2.05) is 30.3 Å². The van der Waals surface area contributed by atoms with Gasteiger partial charge in [0.2, 0.25) is 0 Å². The SMILES string of the molecule is CC(C)CCNc1cc(C(=O)Nc2ccc(C#N)cc2)nc(-c2ccccc2)n1. The lowest BCUT2D eigenvalue weighted by atomic mass is 10.1. The van der Waals surface area contributed by atoms with Crippen LogP contribution in [-0.2, 0) is 0 Å². The molecule has 2 N–H and O–H groups in total. The maximum atomic E-state index is 12.8. The van der Waals surface area contributed by atoms with Crippen LogP contribution in [0.4, 0.5) is 11.5 Å². The molecule has 0 atom stereocenters. The number of hydrogen-bond acceptors (Lipinski definition) is 5. The molecule has 0 spiro atoms. The standard InChI is InChI=1S/C23H23N5O/c1-16(2)12-13-25-21-14-20(27-22(28-21)18-6-4-3-5-7-18)23(29)26-19-10-8-17(15-24)9-11-19/h3-11,14,16H,12-13H2,1-2H3,(H,26,29)(H,25,27,28). The normalized spacial score (nSPS) is 10.4. The lowest BCUT2D eigenvalue weighted by molar-refractivity contribution is 0.102. The summed E-state index contributed by atoms with van der Waals surface area (Å²) >= 11 is 0. The summed E-state index contributed by atoms with van der Waals surface area (Å²) in [4.78, 5) is 21.8.